The molecule has 3 fully saturated rings. The molecule has 0 aromatic carbocycles. The van der Waals surface area contributed by atoms with Crippen molar-refractivity contribution < 1.29 is 8.42 Å². The van der Waals surface area contributed by atoms with E-state index in [1.54, 1.807) is 0 Å². The molecule has 0 spiro atoms. The molecule has 0 radical (unpaired) electrons. The van der Waals surface area contributed by atoms with Gasteiger partial charge in [0.25, 0.3) is 0 Å². The molecule has 2 aliphatic heterocycles. The summed E-state index contributed by atoms with van der Waals surface area (Å²) in [5, 5.41) is 4.74. The number of aromatic nitrogens is 2. The van der Waals surface area contributed by atoms with Gasteiger partial charge in [0.2, 0.25) is 0 Å². The maximum atomic E-state index is 11.9. The molecule has 1 aromatic rings. The lowest BCUT2D eigenvalue weighted by molar-refractivity contribution is 0.192. The lowest BCUT2D eigenvalue weighted by Gasteiger charge is -2.38. The van der Waals surface area contributed by atoms with E-state index in [0.717, 1.165) is 43.5 Å². The summed E-state index contributed by atoms with van der Waals surface area (Å²) in [6.07, 6.45) is 7.77. The van der Waals surface area contributed by atoms with E-state index >= 15 is 0 Å². The van der Waals surface area contributed by atoms with Crippen LogP contribution in [0.15, 0.2) is 0 Å². The summed E-state index contributed by atoms with van der Waals surface area (Å²) >= 11 is 0. The molecule has 2 saturated heterocycles. The van der Waals surface area contributed by atoms with Gasteiger partial charge in [-0.25, -0.2) is 8.42 Å². The summed E-state index contributed by atoms with van der Waals surface area (Å²) in [4.78, 5) is 5.11. The summed E-state index contributed by atoms with van der Waals surface area (Å²) in [6.45, 7) is 9.78. The average Bonchev–Trinajstić information content (AvgIpc) is 3.15. The van der Waals surface area contributed by atoms with Crippen LogP contribution in [-0.4, -0.2) is 67.3 Å². The van der Waals surface area contributed by atoms with E-state index in [4.69, 9.17) is 5.10 Å². The summed E-state index contributed by atoms with van der Waals surface area (Å²) in [5.74, 6) is 1.44. The van der Waals surface area contributed by atoms with Crippen molar-refractivity contribution in [3.8, 4) is 0 Å². The highest BCUT2D eigenvalue weighted by atomic mass is 32.2. The van der Waals surface area contributed by atoms with E-state index in [1.807, 2.05) is 4.68 Å². The van der Waals surface area contributed by atoms with Crippen molar-refractivity contribution in [1.29, 1.82) is 0 Å². The molecule has 3 aliphatic rings. The first-order valence-corrected chi connectivity index (χ1v) is 12.5. The standard InChI is InChI=1S/C20H34N4O2S/c1-16-20(17(2)24(21-16)19-8-13-27(25,26)15-19)23-11-9-22(10-12-23)14-18-6-4-3-5-7-18/h18-19H,3-15H2,1-2H3. The molecule has 1 unspecified atom stereocenters. The van der Waals surface area contributed by atoms with Gasteiger partial charge in [0.1, 0.15) is 0 Å². The van der Waals surface area contributed by atoms with E-state index < -0.39 is 9.84 Å². The minimum Gasteiger partial charge on any atom is -0.366 e. The predicted octanol–water partition coefficient (Wildman–Crippen LogP) is 2.56. The number of hydrogen-bond acceptors (Lipinski definition) is 5. The van der Waals surface area contributed by atoms with Crippen LogP contribution in [-0.2, 0) is 9.84 Å². The number of aryl methyl sites for hydroxylation is 1. The van der Waals surface area contributed by atoms with Gasteiger partial charge in [-0.05, 0) is 39.0 Å². The van der Waals surface area contributed by atoms with Crippen LogP contribution in [0, 0.1) is 19.8 Å². The van der Waals surface area contributed by atoms with Crippen LogP contribution in [0.4, 0.5) is 5.69 Å². The normalized spacial score (nSPS) is 27.3. The number of nitrogens with zero attached hydrogens (tertiary/aromatic N) is 4. The Morgan fingerprint density at radius 1 is 1.00 bits per heavy atom. The van der Waals surface area contributed by atoms with Gasteiger partial charge in [0.05, 0.1) is 34.6 Å². The highest BCUT2D eigenvalue weighted by molar-refractivity contribution is 7.91. The van der Waals surface area contributed by atoms with Crippen molar-refractivity contribution in [1.82, 2.24) is 14.7 Å². The van der Waals surface area contributed by atoms with Crippen molar-refractivity contribution in [3.05, 3.63) is 11.4 Å². The lowest BCUT2D eigenvalue weighted by Crippen LogP contribution is -2.48. The Morgan fingerprint density at radius 2 is 1.70 bits per heavy atom. The Bertz CT molecular complexity index is 759. The third-order valence-electron chi connectivity index (χ3n) is 6.77. The average molecular weight is 395 g/mol. The molecule has 6 nitrogen and oxygen atoms in total. The third-order valence-corrected chi connectivity index (χ3v) is 8.52. The minimum absolute atomic E-state index is 0.00930. The zero-order valence-electron chi connectivity index (χ0n) is 16.9. The second-order valence-electron chi connectivity index (χ2n) is 8.81. The molecule has 1 aromatic heterocycles. The van der Waals surface area contributed by atoms with E-state index in [2.05, 4.69) is 23.6 Å². The maximum Gasteiger partial charge on any atom is 0.152 e. The summed E-state index contributed by atoms with van der Waals surface area (Å²) in [5.41, 5.74) is 3.41. The Balaban J connectivity index is 1.39. The van der Waals surface area contributed by atoms with E-state index in [0.29, 0.717) is 12.2 Å². The Morgan fingerprint density at radius 3 is 2.33 bits per heavy atom. The van der Waals surface area contributed by atoms with Gasteiger partial charge in [-0.15, -0.1) is 0 Å². The zero-order chi connectivity index (χ0) is 19.0. The first-order valence-electron chi connectivity index (χ1n) is 10.7. The number of sulfone groups is 1. The summed E-state index contributed by atoms with van der Waals surface area (Å²) < 4.78 is 25.7. The van der Waals surface area contributed by atoms with Gasteiger partial charge in [-0.3, -0.25) is 9.58 Å². The van der Waals surface area contributed by atoms with Gasteiger partial charge in [-0.2, -0.15) is 5.10 Å². The molecule has 4 rings (SSSR count). The van der Waals surface area contributed by atoms with Crippen LogP contribution in [0.1, 0.15) is 56.0 Å². The van der Waals surface area contributed by atoms with Crippen LogP contribution in [0.2, 0.25) is 0 Å². The molecular weight excluding hydrogens is 360 g/mol. The molecule has 152 valence electrons. The van der Waals surface area contributed by atoms with Crippen molar-refractivity contribution in [2.75, 3.05) is 49.1 Å². The van der Waals surface area contributed by atoms with Crippen LogP contribution in [0.3, 0.4) is 0 Å². The number of rotatable bonds is 4. The van der Waals surface area contributed by atoms with Crippen LogP contribution >= 0.6 is 0 Å². The van der Waals surface area contributed by atoms with Gasteiger partial charge in [0.15, 0.2) is 9.84 Å². The van der Waals surface area contributed by atoms with Crippen molar-refractivity contribution >= 4 is 15.5 Å². The van der Waals surface area contributed by atoms with Gasteiger partial charge in [-0.1, -0.05) is 19.3 Å². The van der Waals surface area contributed by atoms with Gasteiger partial charge >= 0.3 is 0 Å². The third kappa shape index (κ3) is 4.19. The molecule has 1 aliphatic carbocycles. The maximum absolute atomic E-state index is 11.9. The molecule has 0 bridgehead atoms. The van der Waals surface area contributed by atoms with Gasteiger partial charge < -0.3 is 4.90 Å². The van der Waals surface area contributed by atoms with Crippen LogP contribution < -0.4 is 4.90 Å². The van der Waals surface area contributed by atoms with Gasteiger partial charge in [0, 0.05) is 32.7 Å². The summed E-state index contributed by atoms with van der Waals surface area (Å²) in [6, 6.07) is 0.00930. The number of piperazine rings is 1. The highest BCUT2D eigenvalue weighted by Gasteiger charge is 2.33. The molecule has 7 heteroatoms. The molecule has 0 amide bonds. The second-order valence-corrected chi connectivity index (χ2v) is 11.0. The fraction of sp³-hybridized carbons (Fsp3) is 0.850. The van der Waals surface area contributed by atoms with E-state index in [-0.39, 0.29) is 11.8 Å². The van der Waals surface area contributed by atoms with Crippen molar-refractivity contribution in [2.24, 2.45) is 5.92 Å². The Labute approximate surface area is 163 Å². The summed E-state index contributed by atoms with van der Waals surface area (Å²) in [7, 11) is -2.89. The fourth-order valence-electron chi connectivity index (χ4n) is 5.32. The fourth-order valence-corrected chi connectivity index (χ4v) is 7.02. The number of anilines is 1. The molecule has 3 heterocycles. The quantitative estimate of drug-likeness (QED) is 0.786. The van der Waals surface area contributed by atoms with E-state index in [1.165, 1.54) is 44.3 Å². The number of hydrogen-bond donors (Lipinski definition) is 0. The largest absolute Gasteiger partial charge is 0.366 e. The molecule has 1 saturated carbocycles. The predicted molar refractivity (Wildman–Crippen MR) is 109 cm³/mol. The van der Waals surface area contributed by atoms with E-state index in [9.17, 15) is 8.42 Å². The Kier molecular flexibility index (Phi) is 5.52. The van der Waals surface area contributed by atoms with Crippen molar-refractivity contribution in [2.45, 2.75) is 58.4 Å². The SMILES string of the molecule is Cc1nn(C2CCS(=O)(=O)C2)c(C)c1N1CCN(CC2CCCCC2)CC1. The van der Waals surface area contributed by atoms with Crippen LogP contribution in [0.25, 0.3) is 0 Å². The first-order chi connectivity index (χ1) is 12.9. The second kappa shape index (κ2) is 7.74. The molecule has 0 N–H and O–H groups in total. The van der Waals surface area contributed by atoms with Crippen molar-refractivity contribution in [3.63, 3.8) is 0 Å². The lowest BCUT2D eigenvalue weighted by atomic mass is 9.89. The smallest absolute Gasteiger partial charge is 0.152 e. The molecule has 1 atom stereocenters. The van der Waals surface area contributed by atoms with Crippen LogP contribution in [0.5, 0.6) is 0 Å². The first kappa shape index (κ1) is 19.2. The molecular formula is C20H34N4O2S. The minimum atomic E-state index is -2.89. The Hall–Kier alpha value is -1.08. The zero-order valence-corrected chi connectivity index (χ0v) is 17.7. The monoisotopic (exact) mass is 394 g/mol. The molecule has 27 heavy (non-hydrogen) atoms. The highest BCUT2D eigenvalue weighted by Crippen LogP contribution is 2.32. The topological polar surface area (TPSA) is 58.4 Å².